The lowest BCUT2D eigenvalue weighted by Gasteiger charge is -2.10. The first-order valence-corrected chi connectivity index (χ1v) is 5.70. The van der Waals surface area contributed by atoms with Crippen LogP contribution >= 0.6 is 0 Å². The van der Waals surface area contributed by atoms with Crippen molar-refractivity contribution in [3.05, 3.63) is 48.3 Å². The van der Waals surface area contributed by atoms with Gasteiger partial charge in [-0.05, 0) is 35.4 Å². The maximum absolute atomic E-state index is 4.35. The first-order chi connectivity index (χ1) is 8.34. The highest BCUT2D eigenvalue weighted by atomic mass is 14.8. The van der Waals surface area contributed by atoms with Gasteiger partial charge in [0.05, 0.1) is 11.0 Å². The van der Waals surface area contributed by atoms with Crippen LogP contribution in [0.15, 0.2) is 42.7 Å². The Labute approximate surface area is 98.3 Å². The van der Waals surface area contributed by atoms with Crippen molar-refractivity contribution in [1.29, 1.82) is 0 Å². The summed E-state index contributed by atoms with van der Waals surface area (Å²) >= 11 is 0. The van der Waals surface area contributed by atoms with Crippen LogP contribution < -0.4 is 0 Å². The van der Waals surface area contributed by atoms with Crippen molar-refractivity contribution < 1.29 is 0 Å². The Bertz CT molecular complexity index is 833. The number of hydrogen-bond donors (Lipinski definition) is 0. The zero-order valence-electron chi connectivity index (χ0n) is 9.44. The molecular weight excluding hydrogens is 208 g/mol. The summed E-state index contributed by atoms with van der Waals surface area (Å²) in [6, 6.07) is 12.8. The SMILES string of the molecule is Cc1ccc2ccc3ncnc4ccc1c2c34. The van der Waals surface area contributed by atoms with Gasteiger partial charge in [0, 0.05) is 10.8 Å². The zero-order valence-corrected chi connectivity index (χ0v) is 9.44. The summed E-state index contributed by atoms with van der Waals surface area (Å²) in [7, 11) is 0. The highest BCUT2D eigenvalue weighted by molar-refractivity contribution is 6.21. The molecule has 0 atom stereocenters. The van der Waals surface area contributed by atoms with Crippen molar-refractivity contribution in [2.75, 3.05) is 0 Å². The fourth-order valence-electron chi connectivity index (χ4n) is 2.63. The Kier molecular flexibility index (Phi) is 1.52. The molecule has 4 rings (SSSR count). The van der Waals surface area contributed by atoms with Gasteiger partial charge in [0.2, 0.25) is 0 Å². The summed E-state index contributed by atoms with van der Waals surface area (Å²) in [5.41, 5.74) is 3.35. The van der Waals surface area contributed by atoms with E-state index in [0.29, 0.717) is 0 Å². The van der Waals surface area contributed by atoms with E-state index in [-0.39, 0.29) is 0 Å². The van der Waals surface area contributed by atoms with Crippen molar-refractivity contribution in [3.8, 4) is 0 Å². The Morgan fingerprint density at radius 1 is 0.765 bits per heavy atom. The average Bonchev–Trinajstić information content (AvgIpc) is 2.38. The van der Waals surface area contributed by atoms with Crippen LogP contribution in [-0.2, 0) is 0 Å². The molecule has 0 radical (unpaired) electrons. The molecule has 0 bridgehead atoms. The molecule has 2 nitrogen and oxygen atoms in total. The highest BCUT2D eigenvalue weighted by Crippen LogP contribution is 2.33. The molecule has 1 aromatic heterocycles. The van der Waals surface area contributed by atoms with Crippen LogP contribution in [0, 0.1) is 6.92 Å². The molecular formula is C15H10N2. The topological polar surface area (TPSA) is 25.8 Å². The predicted molar refractivity (Wildman–Crippen MR) is 70.5 cm³/mol. The number of rotatable bonds is 0. The quantitative estimate of drug-likeness (QED) is 0.421. The first kappa shape index (κ1) is 8.88. The van der Waals surface area contributed by atoms with E-state index in [4.69, 9.17) is 0 Å². The van der Waals surface area contributed by atoms with Crippen molar-refractivity contribution in [2.45, 2.75) is 6.92 Å². The second kappa shape index (κ2) is 2.92. The molecule has 0 amide bonds. The summed E-state index contributed by atoms with van der Waals surface area (Å²) < 4.78 is 0. The maximum Gasteiger partial charge on any atom is 0.116 e. The number of benzene rings is 3. The van der Waals surface area contributed by atoms with Gasteiger partial charge in [-0.15, -0.1) is 0 Å². The minimum absolute atomic E-state index is 1.03. The standard InChI is InChI=1S/C15H10N2/c1-9-2-3-10-4-6-12-15-13(17-8-16-12)7-5-11(9)14(10)15/h2-8H,1H3. The molecule has 0 aliphatic heterocycles. The molecule has 0 aliphatic rings. The van der Waals surface area contributed by atoms with Crippen LogP contribution in [0.1, 0.15) is 5.56 Å². The van der Waals surface area contributed by atoms with Crippen molar-refractivity contribution >= 4 is 32.6 Å². The summed E-state index contributed by atoms with van der Waals surface area (Å²) in [4.78, 5) is 8.70. The van der Waals surface area contributed by atoms with Crippen molar-refractivity contribution in [2.24, 2.45) is 0 Å². The van der Waals surface area contributed by atoms with Gasteiger partial charge in [0.1, 0.15) is 6.33 Å². The lowest BCUT2D eigenvalue weighted by molar-refractivity contribution is 1.26. The fraction of sp³-hybridized carbons (Fsp3) is 0.0667. The van der Waals surface area contributed by atoms with Crippen LogP contribution in [-0.4, -0.2) is 9.97 Å². The molecule has 0 unspecified atom stereocenters. The van der Waals surface area contributed by atoms with Crippen molar-refractivity contribution in [1.82, 2.24) is 9.97 Å². The molecule has 80 valence electrons. The predicted octanol–water partition coefficient (Wildman–Crippen LogP) is 3.68. The van der Waals surface area contributed by atoms with Crippen LogP contribution in [0.3, 0.4) is 0 Å². The molecule has 3 aromatic carbocycles. The highest BCUT2D eigenvalue weighted by Gasteiger charge is 2.09. The Hall–Kier alpha value is -2.22. The molecule has 17 heavy (non-hydrogen) atoms. The summed E-state index contributed by atoms with van der Waals surface area (Å²) in [6.07, 6.45) is 1.63. The van der Waals surface area contributed by atoms with Crippen LogP contribution in [0.5, 0.6) is 0 Å². The smallest absolute Gasteiger partial charge is 0.116 e. The van der Waals surface area contributed by atoms with Crippen LogP contribution in [0.4, 0.5) is 0 Å². The van der Waals surface area contributed by atoms with E-state index in [1.165, 1.54) is 27.1 Å². The zero-order chi connectivity index (χ0) is 11.4. The molecule has 2 heteroatoms. The van der Waals surface area contributed by atoms with E-state index in [0.717, 1.165) is 11.0 Å². The molecule has 0 saturated carbocycles. The maximum atomic E-state index is 4.35. The number of aromatic nitrogens is 2. The van der Waals surface area contributed by atoms with Crippen LogP contribution in [0.2, 0.25) is 0 Å². The van der Waals surface area contributed by atoms with E-state index in [9.17, 15) is 0 Å². The number of nitrogens with zero attached hydrogens (tertiary/aromatic N) is 2. The van der Waals surface area contributed by atoms with Crippen molar-refractivity contribution in [3.63, 3.8) is 0 Å². The first-order valence-electron chi connectivity index (χ1n) is 5.70. The molecule has 0 fully saturated rings. The minimum atomic E-state index is 1.03. The number of hydrogen-bond acceptors (Lipinski definition) is 2. The average molecular weight is 218 g/mol. The lowest BCUT2D eigenvalue weighted by Crippen LogP contribution is -1.89. The van der Waals surface area contributed by atoms with Crippen LogP contribution in [0.25, 0.3) is 32.6 Å². The summed E-state index contributed by atoms with van der Waals surface area (Å²) in [6.45, 7) is 2.15. The molecule has 0 saturated heterocycles. The fourth-order valence-corrected chi connectivity index (χ4v) is 2.63. The van der Waals surface area contributed by atoms with E-state index in [1.54, 1.807) is 6.33 Å². The van der Waals surface area contributed by atoms with Gasteiger partial charge in [-0.25, -0.2) is 9.97 Å². The van der Waals surface area contributed by atoms with E-state index in [2.05, 4.69) is 53.3 Å². The lowest BCUT2D eigenvalue weighted by atomic mass is 9.96. The van der Waals surface area contributed by atoms with Gasteiger partial charge < -0.3 is 0 Å². The van der Waals surface area contributed by atoms with Gasteiger partial charge in [0.15, 0.2) is 0 Å². The Morgan fingerprint density at radius 3 is 2.29 bits per heavy atom. The normalized spacial score (nSPS) is 11.8. The second-order valence-electron chi connectivity index (χ2n) is 4.45. The van der Waals surface area contributed by atoms with E-state index in [1.807, 2.05) is 0 Å². The third-order valence-corrected chi connectivity index (χ3v) is 3.48. The van der Waals surface area contributed by atoms with E-state index < -0.39 is 0 Å². The summed E-state index contributed by atoms with van der Waals surface area (Å²) in [5.74, 6) is 0. The number of aryl methyl sites for hydroxylation is 1. The van der Waals surface area contributed by atoms with Gasteiger partial charge in [-0.1, -0.05) is 24.3 Å². The largest absolute Gasteiger partial charge is 0.236 e. The monoisotopic (exact) mass is 218 g/mol. The molecule has 0 aliphatic carbocycles. The third kappa shape index (κ3) is 1.04. The second-order valence-corrected chi connectivity index (χ2v) is 4.45. The van der Waals surface area contributed by atoms with Gasteiger partial charge in [0.25, 0.3) is 0 Å². The molecule has 1 heterocycles. The summed E-state index contributed by atoms with van der Waals surface area (Å²) in [5, 5.41) is 5.04. The Balaban J connectivity index is 2.48. The van der Waals surface area contributed by atoms with Gasteiger partial charge >= 0.3 is 0 Å². The molecule has 0 N–H and O–H groups in total. The Morgan fingerprint density at radius 2 is 1.47 bits per heavy atom. The minimum Gasteiger partial charge on any atom is -0.236 e. The van der Waals surface area contributed by atoms with Gasteiger partial charge in [-0.3, -0.25) is 0 Å². The third-order valence-electron chi connectivity index (χ3n) is 3.48. The van der Waals surface area contributed by atoms with Gasteiger partial charge in [-0.2, -0.15) is 0 Å². The molecule has 0 spiro atoms. The molecule has 4 aromatic rings. The van der Waals surface area contributed by atoms with E-state index >= 15 is 0 Å².